The molecule has 7 nitrogen and oxygen atoms in total. The molecule has 0 saturated carbocycles. The molecule has 0 bridgehead atoms. The molecule has 0 radical (unpaired) electrons. The highest BCUT2D eigenvalue weighted by molar-refractivity contribution is 5.92. The third kappa shape index (κ3) is 3.09. The average Bonchev–Trinajstić information content (AvgIpc) is 2.57. The molecule has 2 aliphatic heterocycles. The normalized spacial score (nSPS) is 18.6. The maximum atomic E-state index is 12.5. The first-order chi connectivity index (χ1) is 11.1. The van der Waals surface area contributed by atoms with Crippen LogP contribution in [0.15, 0.2) is 17.8 Å². The van der Waals surface area contributed by atoms with E-state index in [0.717, 1.165) is 30.2 Å². The van der Waals surface area contributed by atoms with Gasteiger partial charge in [0.25, 0.3) is 5.91 Å². The predicted molar refractivity (Wildman–Crippen MR) is 84.9 cm³/mol. The van der Waals surface area contributed by atoms with E-state index in [9.17, 15) is 4.79 Å². The first-order valence-corrected chi connectivity index (χ1v) is 7.87. The molecule has 7 heteroatoms. The van der Waals surface area contributed by atoms with Gasteiger partial charge in [-0.15, -0.1) is 0 Å². The van der Waals surface area contributed by atoms with E-state index < -0.39 is 0 Å². The number of aromatic nitrogens is 2. The summed E-state index contributed by atoms with van der Waals surface area (Å²) in [5.74, 6) is 1.79. The van der Waals surface area contributed by atoms with Gasteiger partial charge in [-0.3, -0.25) is 4.79 Å². The van der Waals surface area contributed by atoms with E-state index in [1.165, 1.54) is 0 Å². The van der Waals surface area contributed by atoms with E-state index in [-0.39, 0.29) is 5.91 Å². The van der Waals surface area contributed by atoms with Crippen LogP contribution in [-0.4, -0.2) is 60.2 Å². The largest absolute Gasteiger partial charge is 0.491 e. The molecule has 1 saturated heterocycles. The maximum Gasteiger partial charge on any atom is 0.292 e. The number of carbonyl (C=O) groups excluding carboxylic acids is 1. The Bertz CT molecular complexity index is 636. The number of carbonyl (C=O) groups is 1. The Kier molecular flexibility index (Phi) is 4.36. The summed E-state index contributed by atoms with van der Waals surface area (Å²) in [5.41, 5.74) is 2.08. The van der Waals surface area contributed by atoms with Gasteiger partial charge in [0.2, 0.25) is 5.76 Å². The SMILES string of the molecule is CC1=C(C(=O)N2CCN(c3ncnc(C)c3C)CC2)OCCO1. The van der Waals surface area contributed by atoms with Crippen molar-refractivity contribution >= 4 is 11.7 Å². The first-order valence-electron chi connectivity index (χ1n) is 7.87. The summed E-state index contributed by atoms with van der Waals surface area (Å²) in [4.78, 5) is 25.2. The Morgan fingerprint density at radius 1 is 1.04 bits per heavy atom. The van der Waals surface area contributed by atoms with Gasteiger partial charge in [-0.25, -0.2) is 9.97 Å². The third-order valence-electron chi connectivity index (χ3n) is 4.34. The van der Waals surface area contributed by atoms with Crippen molar-refractivity contribution in [1.82, 2.24) is 14.9 Å². The van der Waals surface area contributed by atoms with Crippen LogP contribution in [0.5, 0.6) is 0 Å². The number of aryl methyl sites for hydroxylation is 1. The molecule has 23 heavy (non-hydrogen) atoms. The first kappa shape index (κ1) is 15.6. The Labute approximate surface area is 135 Å². The van der Waals surface area contributed by atoms with Crippen LogP contribution in [0.4, 0.5) is 5.82 Å². The van der Waals surface area contributed by atoms with Gasteiger partial charge in [0.05, 0.1) is 0 Å². The molecule has 1 fully saturated rings. The van der Waals surface area contributed by atoms with Crippen LogP contribution in [0.2, 0.25) is 0 Å². The molecule has 2 aliphatic rings. The lowest BCUT2D eigenvalue weighted by Gasteiger charge is -2.36. The van der Waals surface area contributed by atoms with Crippen molar-refractivity contribution in [2.45, 2.75) is 20.8 Å². The van der Waals surface area contributed by atoms with Crippen molar-refractivity contribution in [2.24, 2.45) is 0 Å². The monoisotopic (exact) mass is 318 g/mol. The van der Waals surface area contributed by atoms with Crippen LogP contribution in [0.25, 0.3) is 0 Å². The fraction of sp³-hybridized carbons (Fsp3) is 0.562. The molecular weight excluding hydrogens is 296 g/mol. The Hall–Kier alpha value is -2.31. The third-order valence-corrected chi connectivity index (χ3v) is 4.34. The van der Waals surface area contributed by atoms with Crippen molar-refractivity contribution in [3.05, 3.63) is 29.1 Å². The second-order valence-corrected chi connectivity index (χ2v) is 5.77. The maximum absolute atomic E-state index is 12.5. The summed E-state index contributed by atoms with van der Waals surface area (Å²) in [6.07, 6.45) is 1.59. The number of rotatable bonds is 2. The minimum absolute atomic E-state index is 0.0857. The zero-order valence-electron chi connectivity index (χ0n) is 13.8. The summed E-state index contributed by atoms with van der Waals surface area (Å²) in [7, 11) is 0. The van der Waals surface area contributed by atoms with Gasteiger partial charge in [-0.2, -0.15) is 0 Å². The highest BCUT2D eigenvalue weighted by Crippen LogP contribution is 2.21. The van der Waals surface area contributed by atoms with E-state index >= 15 is 0 Å². The molecule has 0 spiro atoms. The highest BCUT2D eigenvalue weighted by Gasteiger charge is 2.29. The Balaban J connectivity index is 1.67. The predicted octanol–water partition coefficient (Wildman–Crippen LogP) is 1.02. The van der Waals surface area contributed by atoms with Crippen LogP contribution < -0.4 is 4.90 Å². The standard InChI is InChI=1S/C16H22N4O3/c1-11-12(2)17-10-18-15(11)19-4-6-20(7-5-19)16(21)14-13(3)22-8-9-23-14/h10H,4-9H2,1-3H3. The molecule has 1 aromatic heterocycles. The van der Waals surface area contributed by atoms with Crippen LogP contribution in [0.3, 0.4) is 0 Å². The molecule has 1 amide bonds. The van der Waals surface area contributed by atoms with Gasteiger partial charge in [-0.05, 0) is 20.8 Å². The van der Waals surface area contributed by atoms with E-state index in [1.54, 1.807) is 13.3 Å². The minimum Gasteiger partial charge on any atom is -0.491 e. The molecule has 1 aromatic rings. The van der Waals surface area contributed by atoms with Gasteiger partial charge >= 0.3 is 0 Å². The number of ether oxygens (including phenoxy) is 2. The lowest BCUT2D eigenvalue weighted by Crippen LogP contribution is -2.50. The van der Waals surface area contributed by atoms with E-state index in [4.69, 9.17) is 9.47 Å². The molecule has 0 aromatic carbocycles. The second kappa shape index (κ2) is 6.44. The van der Waals surface area contributed by atoms with Crippen molar-refractivity contribution in [1.29, 1.82) is 0 Å². The van der Waals surface area contributed by atoms with Crippen LogP contribution in [-0.2, 0) is 14.3 Å². The van der Waals surface area contributed by atoms with Crippen LogP contribution in [0, 0.1) is 13.8 Å². The van der Waals surface area contributed by atoms with Gasteiger partial charge in [0.1, 0.15) is 31.1 Å². The Morgan fingerprint density at radius 3 is 2.43 bits per heavy atom. The molecular formula is C16H22N4O3. The summed E-state index contributed by atoms with van der Waals surface area (Å²) in [6.45, 7) is 9.49. The fourth-order valence-corrected chi connectivity index (χ4v) is 2.83. The lowest BCUT2D eigenvalue weighted by atomic mass is 10.2. The highest BCUT2D eigenvalue weighted by atomic mass is 16.6. The molecule has 0 atom stereocenters. The molecule has 124 valence electrons. The quantitative estimate of drug-likeness (QED) is 0.811. The van der Waals surface area contributed by atoms with E-state index in [0.29, 0.717) is 37.8 Å². The Morgan fingerprint density at radius 2 is 1.74 bits per heavy atom. The van der Waals surface area contributed by atoms with Crippen LogP contribution >= 0.6 is 0 Å². The summed E-state index contributed by atoms with van der Waals surface area (Å²) in [5, 5.41) is 0. The molecule has 0 N–H and O–H groups in total. The molecule has 3 rings (SSSR count). The summed E-state index contributed by atoms with van der Waals surface area (Å²) < 4.78 is 10.9. The number of anilines is 1. The molecule has 3 heterocycles. The van der Waals surface area contributed by atoms with Crippen molar-refractivity contribution in [2.75, 3.05) is 44.3 Å². The number of amides is 1. The zero-order chi connectivity index (χ0) is 16.4. The number of nitrogens with zero attached hydrogens (tertiary/aromatic N) is 4. The van der Waals surface area contributed by atoms with Crippen molar-refractivity contribution < 1.29 is 14.3 Å². The van der Waals surface area contributed by atoms with Gasteiger partial charge in [-0.1, -0.05) is 0 Å². The number of hydrogen-bond acceptors (Lipinski definition) is 6. The summed E-state index contributed by atoms with van der Waals surface area (Å²) in [6, 6.07) is 0. The van der Waals surface area contributed by atoms with E-state index in [1.807, 2.05) is 18.7 Å². The average molecular weight is 318 g/mol. The van der Waals surface area contributed by atoms with E-state index in [2.05, 4.69) is 14.9 Å². The molecule has 0 unspecified atom stereocenters. The van der Waals surface area contributed by atoms with Gasteiger partial charge in [0.15, 0.2) is 0 Å². The zero-order valence-corrected chi connectivity index (χ0v) is 13.8. The summed E-state index contributed by atoms with van der Waals surface area (Å²) >= 11 is 0. The number of piperazine rings is 1. The van der Waals surface area contributed by atoms with Crippen LogP contribution in [0.1, 0.15) is 18.2 Å². The fourth-order valence-electron chi connectivity index (χ4n) is 2.83. The minimum atomic E-state index is -0.0857. The number of hydrogen-bond donors (Lipinski definition) is 0. The van der Waals surface area contributed by atoms with Gasteiger partial charge < -0.3 is 19.3 Å². The lowest BCUT2D eigenvalue weighted by molar-refractivity contribution is -0.133. The van der Waals surface area contributed by atoms with Crippen molar-refractivity contribution in [3.63, 3.8) is 0 Å². The molecule has 0 aliphatic carbocycles. The second-order valence-electron chi connectivity index (χ2n) is 5.77. The van der Waals surface area contributed by atoms with Crippen molar-refractivity contribution in [3.8, 4) is 0 Å². The smallest absolute Gasteiger partial charge is 0.292 e. The number of allylic oxidation sites excluding steroid dienone is 1. The van der Waals surface area contributed by atoms with Gasteiger partial charge in [0, 0.05) is 37.4 Å². The topological polar surface area (TPSA) is 67.8 Å².